The molecule has 0 saturated heterocycles. The van der Waals surface area contributed by atoms with E-state index in [4.69, 9.17) is 16.7 Å². The van der Waals surface area contributed by atoms with Gasteiger partial charge < -0.3 is 15.7 Å². The molecular weight excluding hydrogens is 479 g/mol. The van der Waals surface area contributed by atoms with Crippen molar-refractivity contribution in [2.24, 2.45) is 0 Å². The van der Waals surface area contributed by atoms with Crippen molar-refractivity contribution in [3.63, 3.8) is 0 Å². The van der Waals surface area contributed by atoms with Gasteiger partial charge in [0.1, 0.15) is 12.7 Å². The molecule has 0 unspecified atom stereocenters. The fourth-order valence-corrected chi connectivity index (χ4v) is 3.26. The molecule has 0 bridgehead atoms. The van der Waals surface area contributed by atoms with E-state index >= 15 is 0 Å². The van der Waals surface area contributed by atoms with Gasteiger partial charge in [0.15, 0.2) is 17.0 Å². The molecule has 0 fully saturated rings. The molecular formula is C20H13ClF3N7O3. The van der Waals surface area contributed by atoms with E-state index in [0.717, 1.165) is 12.1 Å². The summed E-state index contributed by atoms with van der Waals surface area (Å²) in [5.41, 5.74) is 0.406. The maximum absolute atomic E-state index is 13.0. The molecule has 34 heavy (non-hydrogen) atoms. The summed E-state index contributed by atoms with van der Waals surface area (Å²) in [7, 11) is 0. The van der Waals surface area contributed by atoms with Gasteiger partial charge in [0.05, 0.1) is 10.6 Å². The SMILES string of the molecule is O=C(O)Nc1ncnc2c1ncn2-c1ccc(NC(=O)Nc2ccc(Cl)c(C(F)(F)F)c2)cc1. The molecule has 0 aliphatic heterocycles. The zero-order valence-corrected chi connectivity index (χ0v) is 17.5. The summed E-state index contributed by atoms with van der Waals surface area (Å²) in [4.78, 5) is 35.2. The second-order valence-corrected chi connectivity index (χ2v) is 7.16. The Hall–Kier alpha value is -4.39. The molecule has 0 radical (unpaired) electrons. The van der Waals surface area contributed by atoms with E-state index in [2.05, 4.69) is 30.9 Å². The molecule has 2 aromatic carbocycles. The smallest absolute Gasteiger partial charge is 0.417 e. The summed E-state index contributed by atoms with van der Waals surface area (Å²) in [5, 5.41) is 15.4. The Morgan fingerprint density at radius 2 is 1.62 bits per heavy atom. The van der Waals surface area contributed by atoms with Gasteiger partial charge in [0.2, 0.25) is 0 Å². The summed E-state index contributed by atoms with van der Waals surface area (Å²) >= 11 is 5.58. The van der Waals surface area contributed by atoms with Crippen molar-refractivity contribution in [1.29, 1.82) is 0 Å². The van der Waals surface area contributed by atoms with Crippen LogP contribution in [0.3, 0.4) is 0 Å². The third-order valence-electron chi connectivity index (χ3n) is 4.49. The van der Waals surface area contributed by atoms with Gasteiger partial charge in [0.25, 0.3) is 0 Å². The summed E-state index contributed by atoms with van der Waals surface area (Å²) in [5.74, 6) is 0.0297. The molecule has 4 N–H and O–H groups in total. The number of hydrogen-bond donors (Lipinski definition) is 4. The van der Waals surface area contributed by atoms with Crippen molar-refractivity contribution in [1.82, 2.24) is 19.5 Å². The van der Waals surface area contributed by atoms with E-state index < -0.39 is 28.9 Å². The number of hydrogen-bond acceptors (Lipinski definition) is 5. The van der Waals surface area contributed by atoms with Crippen LogP contribution in [0, 0.1) is 0 Å². The second kappa shape index (κ2) is 8.86. The van der Waals surface area contributed by atoms with E-state index in [9.17, 15) is 22.8 Å². The highest BCUT2D eigenvalue weighted by Crippen LogP contribution is 2.36. The normalized spacial score (nSPS) is 11.3. The summed E-state index contributed by atoms with van der Waals surface area (Å²) in [6, 6.07) is 8.66. The first-order valence-corrected chi connectivity index (χ1v) is 9.73. The maximum Gasteiger partial charge on any atom is 0.417 e. The standard InChI is InChI=1S/C20H13ClF3N7O3/c21-14-6-3-11(7-13(14)20(22,23)24)29-18(32)28-10-1-4-12(5-2-10)31-9-27-15-16(30-19(33)34)25-8-26-17(15)31/h1-9H,(H,33,34)(H,25,26,30)(H2,28,29,32). The second-order valence-electron chi connectivity index (χ2n) is 6.76. The van der Waals surface area contributed by atoms with Crippen LogP contribution >= 0.6 is 11.6 Å². The van der Waals surface area contributed by atoms with Crippen molar-refractivity contribution in [3.05, 3.63) is 65.7 Å². The highest BCUT2D eigenvalue weighted by Gasteiger charge is 2.33. The number of halogens is 4. The minimum absolute atomic E-state index is 0.0297. The number of nitrogens with zero attached hydrogens (tertiary/aromatic N) is 4. The lowest BCUT2D eigenvalue weighted by Crippen LogP contribution is -2.20. The minimum Gasteiger partial charge on any atom is -0.465 e. The Labute approximate surface area is 193 Å². The molecule has 3 amide bonds. The molecule has 0 spiro atoms. The van der Waals surface area contributed by atoms with Crippen molar-refractivity contribution < 1.29 is 27.9 Å². The fourth-order valence-electron chi connectivity index (χ4n) is 3.04. The molecule has 4 aromatic rings. The van der Waals surface area contributed by atoms with Crippen LogP contribution in [0.25, 0.3) is 16.9 Å². The lowest BCUT2D eigenvalue weighted by atomic mass is 10.2. The average Bonchev–Trinajstić information content (AvgIpc) is 3.20. The molecule has 14 heteroatoms. The van der Waals surface area contributed by atoms with Crippen LogP contribution < -0.4 is 16.0 Å². The van der Waals surface area contributed by atoms with Crippen LogP contribution in [-0.2, 0) is 6.18 Å². The number of rotatable bonds is 4. The summed E-state index contributed by atoms with van der Waals surface area (Å²) < 4.78 is 40.5. The van der Waals surface area contributed by atoms with Crippen LogP contribution in [0.5, 0.6) is 0 Å². The number of urea groups is 1. The van der Waals surface area contributed by atoms with Crippen molar-refractivity contribution in [2.75, 3.05) is 16.0 Å². The monoisotopic (exact) mass is 491 g/mol. The third-order valence-corrected chi connectivity index (χ3v) is 4.82. The van der Waals surface area contributed by atoms with Gasteiger partial charge >= 0.3 is 18.3 Å². The van der Waals surface area contributed by atoms with Crippen molar-refractivity contribution >= 4 is 52.1 Å². The zero-order valence-electron chi connectivity index (χ0n) is 16.8. The fraction of sp³-hybridized carbons (Fsp3) is 0.0500. The van der Waals surface area contributed by atoms with Crippen molar-refractivity contribution in [2.45, 2.75) is 6.18 Å². The first-order chi connectivity index (χ1) is 16.1. The predicted octanol–water partition coefficient (Wildman–Crippen LogP) is 5.22. The Bertz CT molecular complexity index is 1390. The van der Waals surface area contributed by atoms with Gasteiger partial charge in [-0.2, -0.15) is 13.2 Å². The maximum atomic E-state index is 13.0. The lowest BCUT2D eigenvalue weighted by Gasteiger charge is -2.12. The number of carboxylic acid groups (broad SMARTS) is 1. The minimum atomic E-state index is -4.66. The van der Waals surface area contributed by atoms with Gasteiger partial charge in [-0.05, 0) is 42.5 Å². The third kappa shape index (κ3) is 4.83. The van der Waals surface area contributed by atoms with Crippen LogP contribution in [0.1, 0.15) is 5.56 Å². The van der Waals surface area contributed by atoms with Gasteiger partial charge in [-0.15, -0.1) is 0 Å². The molecule has 0 atom stereocenters. The predicted molar refractivity (Wildman–Crippen MR) is 117 cm³/mol. The largest absolute Gasteiger partial charge is 0.465 e. The van der Waals surface area contributed by atoms with E-state index in [1.807, 2.05) is 0 Å². The lowest BCUT2D eigenvalue weighted by molar-refractivity contribution is -0.137. The van der Waals surface area contributed by atoms with Gasteiger partial charge in [-0.3, -0.25) is 9.88 Å². The number of fused-ring (bicyclic) bond motifs is 1. The number of carbonyl (C=O) groups is 2. The van der Waals surface area contributed by atoms with Crippen LogP contribution in [0.15, 0.2) is 55.1 Å². The summed E-state index contributed by atoms with van der Waals surface area (Å²) in [6.45, 7) is 0. The number of aromatic nitrogens is 4. The Morgan fingerprint density at radius 3 is 2.29 bits per heavy atom. The van der Waals surface area contributed by atoms with Gasteiger partial charge in [-0.25, -0.2) is 24.5 Å². The van der Waals surface area contributed by atoms with Gasteiger partial charge in [-0.1, -0.05) is 11.6 Å². The highest BCUT2D eigenvalue weighted by atomic mass is 35.5. The average molecular weight is 492 g/mol. The highest BCUT2D eigenvalue weighted by molar-refractivity contribution is 6.31. The topological polar surface area (TPSA) is 134 Å². The Balaban J connectivity index is 1.49. The number of alkyl halides is 3. The van der Waals surface area contributed by atoms with Crippen LogP contribution in [0.2, 0.25) is 5.02 Å². The van der Waals surface area contributed by atoms with Crippen LogP contribution in [-0.4, -0.2) is 36.7 Å². The first-order valence-electron chi connectivity index (χ1n) is 9.35. The number of imidazole rings is 1. The Morgan fingerprint density at radius 1 is 0.941 bits per heavy atom. The molecule has 2 heterocycles. The molecule has 10 nitrogen and oxygen atoms in total. The molecule has 0 aliphatic carbocycles. The number of anilines is 3. The van der Waals surface area contributed by atoms with Crippen LogP contribution in [0.4, 0.5) is 40.0 Å². The molecule has 174 valence electrons. The zero-order chi connectivity index (χ0) is 24.5. The molecule has 0 aliphatic rings. The summed E-state index contributed by atoms with van der Waals surface area (Å²) in [6.07, 6.45) is -3.34. The Kier molecular flexibility index (Phi) is 5.94. The van der Waals surface area contributed by atoms with E-state index in [1.165, 1.54) is 18.7 Å². The number of benzene rings is 2. The number of amides is 3. The molecule has 2 aromatic heterocycles. The molecule has 0 saturated carbocycles. The first kappa shape index (κ1) is 22.8. The quantitative estimate of drug-likeness (QED) is 0.309. The number of carbonyl (C=O) groups excluding carboxylic acids is 1. The van der Waals surface area contributed by atoms with E-state index in [1.54, 1.807) is 28.8 Å². The number of nitrogens with one attached hydrogen (secondary N) is 3. The van der Waals surface area contributed by atoms with Crippen molar-refractivity contribution in [3.8, 4) is 5.69 Å². The van der Waals surface area contributed by atoms with E-state index in [-0.39, 0.29) is 17.0 Å². The van der Waals surface area contributed by atoms with Gasteiger partial charge in [0, 0.05) is 17.1 Å². The van der Waals surface area contributed by atoms with E-state index in [0.29, 0.717) is 17.0 Å². The molecule has 4 rings (SSSR count).